The molecule has 0 fully saturated rings. The third-order valence-electron chi connectivity index (χ3n) is 0.857. The first kappa shape index (κ1) is 13.9. The van der Waals surface area contributed by atoms with Crippen molar-refractivity contribution in [2.45, 2.75) is 19.2 Å². The van der Waals surface area contributed by atoms with Crippen molar-refractivity contribution in [2.24, 2.45) is 0 Å². The summed E-state index contributed by atoms with van der Waals surface area (Å²) in [4.78, 5) is 10.6. The van der Waals surface area contributed by atoms with Crippen molar-refractivity contribution in [3.63, 3.8) is 0 Å². The minimum absolute atomic E-state index is 0. The van der Waals surface area contributed by atoms with Crippen LogP contribution in [0.15, 0.2) is 0 Å². The lowest BCUT2D eigenvalue weighted by Gasteiger charge is -2.03. The average Bonchev–Trinajstić information content (AvgIpc) is 1.88. The molecule has 0 aromatic heterocycles. The molecule has 0 aliphatic carbocycles. The van der Waals surface area contributed by atoms with Gasteiger partial charge in [0.05, 0.1) is 0 Å². The number of esters is 1. The van der Waals surface area contributed by atoms with Gasteiger partial charge in [-0.3, -0.25) is 4.79 Å². The second-order valence-electron chi connectivity index (χ2n) is 1.78. The summed E-state index contributed by atoms with van der Waals surface area (Å²) in [6.45, 7) is 2.26. The Morgan fingerprint density at radius 1 is 1.73 bits per heavy atom. The summed E-state index contributed by atoms with van der Waals surface area (Å²) >= 11 is 4.77. The smallest absolute Gasteiger partial charge is 0.319 e. The molecule has 1 unspecified atom stereocenters. The fraction of sp³-hybridized carbons (Fsp3) is 0.857. The minimum atomic E-state index is -0.186. The number of halogens is 1. The molecule has 0 radical (unpaired) electrons. The highest BCUT2D eigenvalue weighted by Gasteiger charge is 2.08. The molecule has 0 bridgehead atoms. The molecule has 0 spiro atoms. The number of rotatable bonds is 4. The van der Waals surface area contributed by atoms with E-state index in [2.05, 4.69) is 15.9 Å². The van der Waals surface area contributed by atoms with E-state index in [0.717, 1.165) is 5.75 Å². The maximum Gasteiger partial charge on any atom is 0.319 e. The summed E-state index contributed by atoms with van der Waals surface area (Å²) in [5.41, 5.74) is 0. The molecule has 4 heteroatoms. The van der Waals surface area contributed by atoms with Crippen LogP contribution in [0.2, 0.25) is 0 Å². The van der Waals surface area contributed by atoms with Crippen molar-refractivity contribution in [1.82, 2.24) is 0 Å². The van der Waals surface area contributed by atoms with E-state index in [1.807, 2.05) is 6.26 Å². The Bertz CT molecular complexity index is 107. The third kappa shape index (κ3) is 8.20. The van der Waals surface area contributed by atoms with Crippen molar-refractivity contribution in [3.8, 4) is 0 Å². The van der Waals surface area contributed by atoms with E-state index in [-0.39, 0.29) is 18.2 Å². The molecule has 0 heterocycles. The van der Waals surface area contributed by atoms with E-state index in [4.69, 9.17) is 4.74 Å². The van der Waals surface area contributed by atoms with Crippen LogP contribution in [0.5, 0.6) is 0 Å². The normalized spacial score (nSPS) is 11.5. The van der Waals surface area contributed by atoms with E-state index in [0.29, 0.717) is 6.61 Å². The zero-order valence-electron chi connectivity index (χ0n) is 6.09. The van der Waals surface area contributed by atoms with E-state index in [1.54, 1.807) is 18.7 Å². The number of hydrogen-bond donors (Lipinski definition) is 0. The summed E-state index contributed by atoms with van der Waals surface area (Å²) in [5.74, 6) is 0.680. The van der Waals surface area contributed by atoms with Crippen molar-refractivity contribution < 1.29 is 9.53 Å². The Balaban J connectivity index is 0. The van der Waals surface area contributed by atoms with Gasteiger partial charge in [-0.05, 0) is 13.2 Å². The number of alkyl halides is 1. The van der Waals surface area contributed by atoms with Crippen LogP contribution in [0, 0.1) is 0 Å². The van der Waals surface area contributed by atoms with Crippen LogP contribution in [0.25, 0.3) is 0 Å². The van der Waals surface area contributed by atoms with Gasteiger partial charge in [-0.15, -0.1) is 0 Å². The van der Waals surface area contributed by atoms with Gasteiger partial charge in [-0.1, -0.05) is 23.4 Å². The van der Waals surface area contributed by atoms with Crippen molar-refractivity contribution in [1.29, 1.82) is 0 Å². The summed E-state index contributed by atoms with van der Waals surface area (Å²) < 4.78 is 4.84. The summed E-state index contributed by atoms with van der Waals surface area (Å²) in [5, 5.41) is 0. The van der Waals surface area contributed by atoms with Crippen LogP contribution in [-0.4, -0.2) is 29.4 Å². The molecule has 0 rings (SSSR count). The van der Waals surface area contributed by atoms with Gasteiger partial charge in [0.15, 0.2) is 0 Å². The van der Waals surface area contributed by atoms with Gasteiger partial charge >= 0.3 is 5.97 Å². The predicted octanol–water partition coefficient (Wildman–Crippen LogP) is 2.31. The zero-order valence-corrected chi connectivity index (χ0v) is 8.50. The highest BCUT2D eigenvalue weighted by atomic mass is 79.9. The van der Waals surface area contributed by atoms with Gasteiger partial charge in [-0.2, -0.15) is 11.8 Å². The topological polar surface area (TPSA) is 26.3 Å². The first-order valence-corrected chi connectivity index (χ1v) is 5.29. The monoisotopic (exact) mass is 242 g/mol. The molecule has 0 saturated heterocycles. The molecule has 1 atom stereocenters. The molecule has 0 saturated carbocycles. The molecule has 0 amide bonds. The van der Waals surface area contributed by atoms with Crippen molar-refractivity contribution in [3.05, 3.63) is 0 Å². The largest absolute Gasteiger partial charge is 0.464 e. The quantitative estimate of drug-likeness (QED) is 0.430. The van der Waals surface area contributed by atoms with Crippen LogP contribution in [0.4, 0.5) is 0 Å². The molecule has 0 aromatic carbocycles. The molecule has 11 heavy (non-hydrogen) atoms. The SMILES string of the molecule is C.CSCCOC(=O)C(C)Br. The first-order chi connectivity index (χ1) is 4.68. The number of hydrogen-bond acceptors (Lipinski definition) is 3. The molecule has 0 aliphatic rings. The van der Waals surface area contributed by atoms with E-state index >= 15 is 0 Å². The third-order valence-corrected chi connectivity index (χ3v) is 1.81. The maximum absolute atomic E-state index is 10.7. The second kappa shape index (κ2) is 8.40. The van der Waals surface area contributed by atoms with Crippen LogP contribution in [-0.2, 0) is 9.53 Å². The molecule has 0 aliphatic heterocycles. The Morgan fingerprint density at radius 3 is 2.64 bits per heavy atom. The van der Waals surface area contributed by atoms with Crippen LogP contribution in [0.3, 0.4) is 0 Å². The standard InChI is InChI=1S/C6H11BrO2S.CH4/c1-5(7)6(8)9-3-4-10-2;/h5H,3-4H2,1-2H3;1H4. The van der Waals surface area contributed by atoms with Crippen molar-refractivity contribution in [2.75, 3.05) is 18.6 Å². The van der Waals surface area contributed by atoms with E-state index < -0.39 is 0 Å². The Kier molecular flexibility index (Phi) is 10.6. The van der Waals surface area contributed by atoms with Crippen LogP contribution >= 0.6 is 27.7 Å². The summed E-state index contributed by atoms with van der Waals surface area (Å²) in [6, 6.07) is 0. The molecule has 68 valence electrons. The van der Waals surface area contributed by atoms with Crippen LogP contribution in [0.1, 0.15) is 14.4 Å². The zero-order chi connectivity index (χ0) is 7.98. The van der Waals surface area contributed by atoms with Gasteiger partial charge in [0, 0.05) is 5.75 Å². The lowest BCUT2D eigenvalue weighted by molar-refractivity contribution is -0.141. The first-order valence-electron chi connectivity index (χ1n) is 2.98. The summed E-state index contributed by atoms with van der Waals surface area (Å²) in [7, 11) is 0. The maximum atomic E-state index is 10.7. The molecule has 2 nitrogen and oxygen atoms in total. The van der Waals surface area contributed by atoms with Gasteiger partial charge in [0.2, 0.25) is 0 Å². The lowest BCUT2D eigenvalue weighted by atomic mass is 10.5. The van der Waals surface area contributed by atoms with Gasteiger partial charge in [0.1, 0.15) is 11.4 Å². The fourth-order valence-corrected chi connectivity index (χ4v) is 0.723. The average molecular weight is 243 g/mol. The highest BCUT2D eigenvalue weighted by molar-refractivity contribution is 9.10. The Morgan fingerprint density at radius 2 is 2.27 bits per heavy atom. The fourth-order valence-electron chi connectivity index (χ4n) is 0.340. The van der Waals surface area contributed by atoms with Gasteiger partial charge in [-0.25, -0.2) is 0 Å². The molecule has 0 aromatic rings. The van der Waals surface area contributed by atoms with Gasteiger partial charge < -0.3 is 4.74 Å². The number of ether oxygens (including phenoxy) is 1. The summed E-state index contributed by atoms with van der Waals surface area (Å²) in [6.07, 6.45) is 1.98. The van der Waals surface area contributed by atoms with Crippen LogP contribution < -0.4 is 0 Å². The number of thioether (sulfide) groups is 1. The van der Waals surface area contributed by atoms with E-state index in [1.165, 1.54) is 0 Å². The molecular formula is C7H15BrO2S. The van der Waals surface area contributed by atoms with Gasteiger partial charge in [0.25, 0.3) is 0 Å². The Hall–Kier alpha value is 0.300. The minimum Gasteiger partial charge on any atom is -0.464 e. The predicted molar refractivity (Wildman–Crippen MR) is 54.5 cm³/mol. The number of carbonyl (C=O) groups excluding carboxylic acids is 1. The Labute approximate surface area is 81.2 Å². The molecule has 0 N–H and O–H groups in total. The van der Waals surface area contributed by atoms with E-state index in [9.17, 15) is 4.79 Å². The molecular weight excluding hydrogens is 228 g/mol. The number of carbonyl (C=O) groups is 1. The van der Waals surface area contributed by atoms with Crippen molar-refractivity contribution >= 4 is 33.7 Å². The lowest BCUT2D eigenvalue weighted by Crippen LogP contribution is -2.15. The highest BCUT2D eigenvalue weighted by Crippen LogP contribution is 2.00. The second-order valence-corrected chi connectivity index (χ2v) is 4.14.